The minimum absolute atomic E-state index is 0.334. The van der Waals surface area contributed by atoms with Crippen molar-refractivity contribution in [1.29, 1.82) is 0 Å². The highest BCUT2D eigenvalue weighted by atomic mass is 32.2. The molecule has 2 nitrogen and oxygen atoms in total. The van der Waals surface area contributed by atoms with E-state index in [0.29, 0.717) is 11.7 Å². The minimum Gasteiger partial charge on any atom is -0.497 e. The number of ether oxygens (including phenoxy) is 1. The van der Waals surface area contributed by atoms with Gasteiger partial charge >= 0.3 is 0 Å². The molecule has 1 rings (SSSR count). The molecule has 0 N–H and O–H groups in total. The van der Waals surface area contributed by atoms with Crippen molar-refractivity contribution in [3.05, 3.63) is 24.3 Å². The van der Waals surface area contributed by atoms with Crippen LogP contribution in [0.25, 0.3) is 0 Å². The molecule has 0 aliphatic heterocycles. The maximum Gasteiger partial charge on any atom is 0.121 e. The van der Waals surface area contributed by atoms with Crippen molar-refractivity contribution in [2.75, 3.05) is 7.11 Å². The fourth-order valence-corrected chi connectivity index (χ4v) is 2.00. The Bertz CT molecular complexity index is 282. The van der Waals surface area contributed by atoms with E-state index in [1.165, 1.54) is 4.90 Å². The maximum absolute atomic E-state index is 10.3. The normalized spacial score (nSPS) is 12.1. The molecule has 0 heterocycles. The van der Waals surface area contributed by atoms with Gasteiger partial charge in [-0.3, -0.25) is 0 Å². The number of carbonyl (C=O) groups excluding carboxylic acids is 1. The third kappa shape index (κ3) is 3.42. The molecule has 76 valence electrons. The number of hydrogen-bond donors (Lipinski definition) is 0. The third-order valence-corrected chi connectivity index (χ3v) is 2.96. The van der Waals surface area contributed by atoms with Gasteiger partial charge in [-0.15, -0.1) is 11.8 Å². The first-order valence-electron chi connectivity index (χ1n) is 4.50. The van der Waals surface area contributed by atoms with Gasteiger partial charge in [0, 0.05) is 16.6 Å². The second-order valence-corrected chi connectivity index (χ2v) is 4.52. The Labute approximate surface area is 88.7 Å². The van der Waals surface area contributed by atoms with E-state index in [-0.39, 0.29) is 0 Å². The Hall–Kier alpha value is -0.960. The zero-order chi connectivity index (χ0) is 10.4. The van der Waals surface area contributed by atoms with Gasteiger partial charge in [-0.2, -0.15) is 0 Å². The molecule has 1 aromatic rings. The van der Waals surface area contributed by atoms with Gasteiger partial charge in [-0.05, 0) is 24.3 Å². The molecule has 14 heavy (non-hydrogen) atoms. The molecule has 0 aromatic heterocycles. The molecular formula is C11H14O2S. The van der Waals surface area contributed by atoms with E-state index < -0.39 is 0 Å². The predicted molar refractivity (Wildman–Crippen MR) is 59.0 cm³/mol. The average molecular weight is 210 g/mol. The SMILES string of the molecule is COc1ccc(SC(C)CC=O)cc1. The summed E-state index contributed by atoms with van der Waals surface area (Å²) >= 11 is 1.70. The smallest absolute Gasteiger partial charge is 0.121 e. The highest BCUT2D eigenvalue weighted by molar-refractivity contribution is 8.00. The summed E-state index contributed by atoms with van der Waals surface area (Å²) in [5.41, 5.74) is 0. The molecule has 1 aromatic carbocycles. The standard InChI is InChI=1S/C11H14O2S/c1-9(7-8-12)14-11-5-3-10(13-2)4-6-11/h3-6,8-9H,7H2,1-2H3. The first-order valence-corrected chi connectivity index (χ1v) is 5.38. The van der Waals surface area contributed by atoms with Crippen molar-refractivity contribution in [1.82, 2.24) is 0 Å². The van der Waals surface area contributed by atoms with Gasteiger partial charge in [0.1, 0.15) is 12.0 Å². The summed E-state index contributed by atoms with van der Waals surface area (Å²) in [5, 5.41) is 0.334. The maximum atomic E-state index is 10.3. The monoisotopic (exact) mass is 210 g/mol. The van der Waals surface area contributed by atoms with E-state index in [4.69, 9.17) is 4.74 Å². The summed E-state index contributed by atoms with van der Waals surface area (Å²) in [6.45, 7) is 2.04. The third-order valence-electron chi connectivity index (χ3n) is 1.82. The highest BCUT2D eigenvalue weighted by Gasteiger charge is 2.03. The van der Waals surface area contributed by atoms with E-state index in [1.54, 1.807) is 18.9 Å². The van der Waals surface area contributed by atoms with Crippen molar-refractivity contribution in [2.24, 2.45) is 0 Å². The van der Waals surface area contributed by atoms with Gasteiger partial charge < -0.3 is 9.53 Å². The van der Waals surface area contributed by atoms with Crippen molar-refractivity contribution < 1.29 is 9.53 Å². The molecule has 0 saturated carbocycles. The molecule has 0 bridgehead atoms. The van der Waals surface area contributed by atoms with Gasteiger partial charge in [0.2, 0.25) is 0 Å². The van der Waals surface area contributed by atoms with E-state index in [0.717, 1.165) is 12.0 Å². The summed E-state index contributed by atoms with van der Waals surface area (Å²) in [4.78, 5) is 11.4. The van der Waals surface area contributed by atoms with Crippen LogP contribution in [0.4, 0.5) is 0 Å². The number of methoxy groups -OCH3 is 1. The summed E-state index contributed by atoms with van der Waals surface area (Å²) in [6.07, 6.45) is 1.55. The lowest BCUT2D eigenvalue weighted by Gasteiger charge is -2.07. The van der Waals surface area contributed by atoms with Crippen LogP contribution >= 0.6 is 11.8 Å². The molecule has 0 radical (unpaired) electrons. The van der Waals surface area contributed by atoms with Gasteiger partial charge in [0.25, 0.3) is 0 Å². The number of rotatable bonds is 5. The van der Waals surface area contributed by atoms with Crippen LogP contribution in [0.5, 0.6) is 5.75 Å². The number of aldehydes is 1. The van der Waals surface area contributed by atoms with Crippen molar-refractivity contribution >= 4 is 18.0 Å². The topological polar surface area (TPSA) is 26.3 Å². The Morgan fingerprint density at radius 1 is 1.43 bits per heavy atom. The molecule has 0 amide bonds. The van der Waals surface area contributed by atoms with Gasteiger partial charge in [-0.1, -0.05) is 6.92 Å². The molecule has 1 unspecified atom stereocenters. The molecule has 0 aliphatic rings. The molecule has 0 spiro atoms. The minimum atomic E-state index is 0.334. The van der Waals surface area contributed by atoms with Crippen molar-refractivity contribution in [3.8, 4) is 5.75 Å². The number of thioether (sulfide) groups is 1. The van der Waals surface area contributed by atoms with Crippen LogP contribution in [-0.2, 0) is 4.79 Å². The fraction of sp³-hybridized carbons (Fsp3) is 0.364. The van der Waals surface area contributed by atoms with Crippen LogP contribution in [-0.4, -0.2) is 18.6 Å². The Morgan fingerprint density at radius 3 is 2.57 bits per heavy atom. The zero-order valence-electron chi connectivity index (χ0n) is 8.40. The van der Waals surface area contributed by atoms with Gasteiger partial charge in [-0.25, -0.2) is 0 Å². The van der Waals surface area contributed by atoms with Crippen molar-refractivity contribution in [3.63, 3.8) is 0 Å². The lowest BCUT2D eigenvalue weighted by molar-refractivity contribution is -0.107. The summed E-state index contributed by atoms with van der Waals surface area (Å²) < 4.78 is 5.06. The van der Waals surface area contributed by atoms with Crippen LogP contribution in [0.2, 0.25) is 0 Å². The summed E-state index contributed by atoms with van der Waals surface area (Å²) in [5.74, 6) is 0.859. The lowest BCUT2D eigenvalue weighted by atomic mass is 10.3. The fourth-order valence-electron chi connectivity index (χ4n) is 1.07. The number of benzene rings is 1. The first-order chi connectivity index (χ1) is 6.76. The molecule has 0 saturated heterocycles. The Balaban J connectivity index is 2.54. The molecule has 3 heteroatoms. The second-order valence-electron chi connectivity index (χ2n) is 3.01. The summed E-state index contributed by atoms with van der Waals surface area (Å²) in [7, 11) is 1.65. The number of hydrogen-bond acceptors (Lipinski definition) is 3. The molecule has 1 atom stereocenters. The molecule has 0 fully saturated rings. The largest absolute Gasteiger partial charge is 0.497 e. The average Bonchev–Trinajstić information content (AvgIpc) is 2.19. The molecule has 0 aliphatic carbocycles. The zero-order valence-corrected chi connectivity index (χ0v) is 9.21. The number of carbonyl (C=O) groups is 1. The van der Waals surface area contributed by atoms with E-state index in [9.17, 15) is 4.79 Å². The lowest BCUT2D eigenvalue weighted by Crippen LogP contribution is -1.95. The Morgan fingerprint density at radius 2 is 2.07 bits per heavy atom. The Kier molecular flexibility index (Phi) is 4.53. The van der Waals surface area contributed by atoms with E-state index >= 15 is 0 Å². The molecular weight excluding hydrogens is 196 g/mol. The van der Waals surface area contributed by atoms with Crippen LogP contribution in [0.15, 0.2) is 29.2 Å². The second kappa shape index (κ2) is 5.70. The van der Waals surface area contributed by atoms with Crippen molar-refractivity contribution in [2.45, 2.75) is 23.5 Å². The van der Waals surface area contributed by atoms with Crippen LogP contribution < -0.4 is 4.74 Å². The first kappa shape index (κ1) is 11.1. The predicted octanol–water partition coefficient (Wildman–Crippen LogP) is 2.76. The quantitative estimate of drug-likeness (QED) is 0.552. The van der Waals surface area contributed by atoms with Gasteiger partial charge in [0.15, 0.2) is 0 Å². The van der Waals surface area contributed by atoms with E-state index in [1.807, 2.05) is 31.2 Å². The van der Waals surface area contributed by atoms with Gasteiger partial charge in [0.05, 0.1) is 7.11 Å². The van der Waals surface area contributed by atoms with E-state index in [2.05, 4.69) is 0 Å². The summed E-state index contributed by atoms with van der Waals surface area (Å²) in [6, 6.07) is 7.86. The van der Waals surface area contributed by atoms with Crippen LogP contribution in [0.3, 0.4) is 0 Å². The highest BCUT2D eigenvalue weighted by Crippen LogP contribution is 2.26. The van der Waals surface area contributed by atoms with Crippen LogP contribution in [0.1, 0.15) is 13.3 Å². The van der Waals surface area contributed by atoms with Crippen LogP contribution in [0, 0.1) is 0 Å².